The molecule has 0 aliphatic rings. The first-order chi connectivity index (χ1) is 11.5. The van der Waals surface area contributed by atoms with Gasteiger partial charge in [-0.2, -0.15) is 0 Å². The molecule has 7 nitrogen and oxygen atoms in total. The SMILES string of the molecule is NC(=O)c1ccc(F)c(NC(=O)Nc2ncnc3sccc23)c1F. The van der Waals surface area contributed by atoms with Crippen molar-refractivity contribution < 1.29 is 18.4 Å². The van der Waals surface area contributed by atoms with E-state index in [1.54, 1.807) is 11.4 Å². The number of benzene rings is 1. The van der Waals surface area contributed by atoms with Crippen molar-refractivity contribution in [1.29, 1.82) is 0 Å². The largest absolute Gasteiger partial charge is 0.366 e. The summed E-state index contributed by atoms with van der Waals surface area (Å²) in [6.07, 6.45) is 1.25. The zero-order valence-corrected chi connectivity index (χ0v) is 12.7. The van der Waals surface area contributed by atoms with Gasteiger partial charge in [-0.15, -0.1) is 11.3 Å². The van der Waals surface area contributed by atoms with Crippen LogP contribution in [0.2, 0.25) is 0 Å². The molecule has 24 heavy (non-hydrogen) atoms. The molecule has 0 aliphatic carbocycles. The molecule has 4 N–H and O–H groups in total. The third-order valence-electron chi connectivity index (χ3n) is 3.09. The molecule has 3 amide bonds. The number of urea groups is 1. The lowest BCUT2D eigenvalue weighted by Gasteiger charge is -2.10. The fraction of sp³-hybridized carbons (Fsp3) is 0. The molecule has 0 fully saturated rings. The van der Waals surface area contributed by atoms with Gasteiger partial charge < -0.3 is 11.1 Å². The molecule has 2 aromatic heterocycles. The van der Waals surface area contributed by atoms with E-state index >= 15 is 0 Å². The zero-order valence-electron chi connectivity index (χ0n) is 11.8. The summed E-state index contributed by atoms with van der Waals surface area (Å²) in [5.41, 5.74) is 3.68. The normalized spacial score (nSPS) is 10.6. The second kappa shape index (κ2) is 6.16. The topological polar surface area (TPSA) is 110 Å². The first-order valence-electron chi connectivity index (χ1n) is 6.51. The summed E-state index contributed by atoms with van der Waals surface area (Å²) in [7, 11) is 0. The van der Waals surface area contributed by atoms with E-state index in [4.69, 9.17) is 5.73 Å². The minimum absolute atomic E-state index is 0.186. The zero-order chi connectivity index (χ0) is 17.3. The third kappa shape index (κ3) is 2.86. The summed E-state index contributed by atoms with van der Waals surface area (Å²) in [5, 5.41) is 6.74. The number of rotatable bonds is 3. The average molecular weight is 349 g/mol. The van der Waals surface area contributed by atoms with Crippen molar-refractivity contribution in [3.63, 3.8) is 0 Å². The van der Waals surface area contributed by atoms with E-state index in [1.807, 2.05) is 5.32 Å². The lowest BCUT2D eigenvalue weighted by Crippen LogP contribution is -2.23. The molecular formula is C14H9F2N5O2S. The molecule has 10 heteroatoms. The molecule has 3 aromatic rings. The second-order valence-corrected chi connectivity index (χ2v) is 5.48. The van der Waals surface area contributed by atoms with Crippen molar-refractivity contribution in [2.24, 2.45) is 5.73 Å². The lowest BCUT2D eigenvalue weighted by molar-refractivity contribution is 0.0996. The van der Waals surface area contributed by atoms with Crippen LogP contribution in [-0.4, -0.2) is 21.9 Å². The highest BCUT2D eigenvalue weighted by Crippen LogP contribution is 2.25. The average Bonchev–Trinajstić information content (AvgIpc) is 3.00. The van der Waals surface area contributed by atoms with Crippen molar-refractivity contribution in [2.75, 3.05) is 10.6 Å². The molecule has 0 atom stereocenters. The van der Waals surface area contributed by atoms with E-state index in [0.29, 0.717) is 10.2 Å². The Morgan fingerprint density at radius 3 is 2.67 bits per heavy atom. The number of carbonyl (C=O) groups is 2. The maximum atomic E-state index is 14.1. The van der Waals surface area contributed by atoms with Crippen LogP contribution in [0.4, 0.5) is 25.1 Å². The van der Waals surface area contributed by atoms with Gasteiger partial charge >= 0.3 is 6.03 Å². The van der Waals surface area contributed by atoms with Gasteiger partial charge in [0.05, 0.1) is 10.9 Å². The molecule has 0 bridgehead atoms. The molecule has 0 saturated heterocycles. The van der Waals surface area contributed by atoms with Crippen LogP contribution in [0, 0.1) is 11.6 Å². The molecule has 3 rings (SSSR count). The van der Waals surface area contributed by atoms with E-state index in [2.05, 4.69) is 15.3 Å². The molecule has 122 valence electrons. The Kier molecular flexibility index (Phi) is 4.04. The first-order valence-corrected chi connectivity index (χ1v) is 7.39. The van der Waals surface area contributed by atoms with Crippen LogP contribution >= 0.6 is 11.3 Å². The van der Waals surface area contributed by atoms with Crippen LogP contribution in [0.15, 0.2) is 29.9 Å². The second-order valence-electron chi connectivity index (χ2n) is 4.59. The molecule has 0 unspecified atom stereocenters. The van der Waals surface area contributed by atoms with Crippen LogP contribution in [-0.2, 0) is 0 Å². The number of nitrogens with one attached hydrogen (secondary N) is 2. The Balaban J connectivity index is 1.87. The fourth-order valence-corrected chi connectivity index (χ4v) is 2.73. The van der Waals surface area contributed by atoms with Gasteiger partial charge in [-0.25, -0.2) is 23.5 Å². The fourth-order valence-electron chi connectivity index (χ4n) is 2.00. The summed E-state index contributed by atoms with van der Waals surface area (Å²) in [6, 6.07) is 2.50. The van der Waals surface area contributed by atoms with E-state index < -0.39 is 34.8 Å². The highest BCUT2D eigenvalue weighted by atomic mass is 32.1. The van der Waals surface area contributed by atoms with E-state index in [0.717, 1.165) is 12.1 Å². The van der Waals surface area contributed by atoms with Gasteiger partial charge in [0.15, 0.2) is 5.82 Å². The number of amides is 3. The number of hydrogen-bond acceptors (Lipinski definition) is 5. The predicted octanol–water partition coefficient (Wildman–Crippen LogP) is 2.71. The summed E-state index contributed by atoms with van der Waals surface area (Å²) < 4.78 is 27.8. The molecule has 0 spiro atoms. The number of nitrogens with zero attached hydrogens (tertiary/aromatic N) is 2. The third-order valence-corrected chi connectivity index (χ3v) is 3.91. The predicted molar refractivity (Wildman–Crippen MR) is 84.9 cm³/mol. The van der Waals surface area contributed by atoms with Crippen LogP contribution in [0.1, 0.15) is 10.4 Å². The number of primary amides is 1. The van der Waals surface area contributed by atoms with Gasteiger partial charge in [0, 0.05) is 0 Å². The molecule has 2 heterocycles. The van der Waals surface area contributed by atoms with Crippen molar-refractivity contribution in [1.82, 2.24) is 9.97 Å². The van der Waals surface area contributed by atoms with Gasteiger partial charge in [-0.05, 0) is 23.6 Å². The number of nitrogens with two attached hydrogens (primary N) is 1. The molecule has 0 aliphatic heterocycles. The van der Waals surface area contributed by atoms with Crippen LogP contribution < -0.4 is 16.4 Å². The number of anilines is 2. The van der Waals surface area contributed by atoms with Crippen molar-refractivity contribution in [3.05, 3.63) is 47.1 Å². The smallest absolute Gasteiger partial charge is 0.325 e. The maximum absolute atomic E-state index is 14.1. The standard InChI is InChI=1S/C14H9F2N5O2S/c15-8-2-1-6(11(17)22)9(16)10(8)20-14(23)21-12-7-3-4-24-13(7)19-5-18-12/h1-5H,(H2,17,22)(H2,18,19,20,21,23). The summed E-state index contributed by atoms with van der Waals surface area (Å²) >= 11 is 1.35. The van der Waals surface area contributed by atoms with Gasteiger partial charge in [0.2, 0.25) is 0 Å². The monoisotopic (exact) mass is 349 g/mol. The van der Waals surface area contributed by atoms with Crippen molar-refractivity contribution in [3.8, 4) is 0 Å². The number of hydrogen-bond donors (Lipinski definition) is 3. The Labute approximate surface area is 137 Å². The maximum Gasteiger partial charge on any atom is 0.325 e. The summed E-state index contributed by atoms with van der Waals surface area (Å²) in [5.74, 6) is -3.19. The Bertz CT molecular complexity index is 959. The molecule has 0 saturated carbocycles. The molecule has 1 aromatic carbocycles. The summed E-state index contributed by atoms with van der Waals surface area (Å²) in [6.45, 7) is 0. The minimum Gasteiger partial charge on any atom is -0.366 e. The van der Waals surface area contributed by atoms with Gasteiger partial charge in [0.1, 0.15) is 28.5 Å². The van der Waals surface area contributed by atoms with Gasteiger partial charge in [0.25, 0.3) is 5.91 Å². The number of thiophene rings is 1. The number of aromatic nitrogens is 2. The van der Waals surface area contributed by atoms with Gasteiger partial charge in [-0.3, -0.25) is 10.1 Å². The molecular weight excluding hydrogens is 340 g/mol. The lowest BCUT2D eigenvalue weighted by atomic mass is 10.1. The van der Waals surface area contributed by atoms with Crippen LogP contribution in [0.5, 0.6) is 0 Å². The molecule has 0 radical (unpaired) electrons. The van der Waals surface area contributed by atoms with Gasteiger partial charge in [-0.1, -0.05) is 0 Å². The van der Waals surface area contributed by atoms with Crippen molar-refractivity contribution >= 4 is 45.0 Å². The van der Waals surface area contributed by atoms with Crippen LogP contribution in [0.25, 0.3) is 10.2 Å². The quantitative estimate of drug-likeness (QED) is 0.675. The Morgan fingerprint density at radius 1 is 1.12 bits per heavy atom. The first kappa shape index (κ1) is 15.7. The number of carbonyl (C=O) groups excluding carboxylic acids is 2. The Morgan fingerprint density at radius 2 is 1.92 bits per heavy atom. The van der Waals surface area contributed by atoms with E-state index in [9.17, 15) is 18.4 Å². The summed E-state index contributed by atoms with van der Waals surface area (Å²) in [4.78, 5) is 31.7. The highest BCUT2D eigenvalue weighted by molar-refractivity contribution is 7.16. The van der Waals surface area contributed by atoms with Crippen LogP contribution in [0.3, 0.4) is 0 Å². The minimum atomic E-state index is -1.25. The highest BCUT2D eigenvalue weighted by Gasteiger charge is 2.19. The van der Waals surface area contributed by atoms with Crippen molar-refractivity contribution in [2.45, 2.75) is 0 Å². The Hall–Kier alpha value is -3.14. The van der Waals surface area contributed by atoms with E-state index in [-0.39, 0.29) is 5.82 Å². The number of halogens is 2. The number of fused-ring (bicyclic) bond motifs is 1. The van der Waals surface area contributed by atoms with E-state index in [1.165, 1.54) is 17.7 Å².